The first-order valence-corrected chi connectivity index (χ1v) is 8.76. The van der Waals surface area contributed by atoms with Crippen molar-refractivity contribution >= 4 is 29.3 Å². The van der Waals surface area contributed by atoms with Crippen LogP contribution in [-0.2, 0) is 4.79 Å². The van der Waals surface area contributed by atoms with E-state index in [-0.39, 0.29) is 17.2 Å². The van der Waals surface area contributed by atoms with Crippen LogP contribution in [0.1, 0.15) is 15.9 Å². The number of hydrogen-bond donors (Lipinski definition) is 3. The van der Waals surface area contributed by atoms with Gasteiger partial charge in [0.1, 0.15) is 0 Å². The minimum absolute atomic E-state index is 0.145. The lowest BCUT2D eigenvalue weighted by atomic mass is 10.1. The summed E-state index contributed by atoms with van der Waals surface area (Å²) >= 11 is 1.22. The van der Waals surface area contributed by atoms with Crippen LogP contribution in [0, 0.1) is 6.92 Å². The second kappa shape index (κ2) is 7.83. The second-order valence-electron chi connectivity index (χ2n) is 5.50. The van der Waals surface area contributed by atoms with Gasteiger partial charge in [-0.15, -0.1) is 5.10 Å². The van der Waals surface area contributed by atoms with Crippen LogP contribution in [0.5, 0.6) is 0 Å². The molecule has 0 fully saturated rings. The third-order valence-electron chi connectivity index (χ3n) is 3.59. The van der Waals surface area contributed by atoms with Gasteiger partial charge in [-0.3, -0.25) is 9.89 Å². The number of benzene rings is 2. The minimum atomic E-state index is -1.000. The summed E-state index contributed by atoms with van der Waals surface area (Å²) in [7, 11) is 0. The van der Waals surface area contributed by atoms with Crippen LogP contribution in [0.4, 0.5) is 5.69 Å². The monoisotopic (exact) mass is 368 g/mol. The van der Waals surface area contributed by atoms with Crippen LogP contribution in [0.3, 0.4) is 0 Å². The number of aromatic carboxylic acids is 1. The Morgan fingerprint density at radius 1 is 1.19 bits per heavy atom. The number of carbonyl (C=O) groups is 2. The molecule has 0 bridgehead atoms. The molecule has 2 aromatic carbocycles. The molecule has 26 heavy (non-hydrogen) atoms. The first kappa shape index (κ1) is 17.7. The van der Waals surface area contributed by atoms with E-state index < -0.39 is 5.97 Å². The van der Waals surface area contributed by atoms with E-state index in [9.17, 15) is 9.59 Å². The standard InChI is InChI=1S/C18H16N4O3S/c1-11-9-13(17(24)25)7-8-14(11)19-15(23)10-26-18-20-16(21-22-18)12-5-3-2-4-6-12/h2-9H,10H2,1H3,(H,19,23)(H,24,25)(H,20,21,22). The van der Waals surface area contributed by atoms with Gasteiger partial charge in [0.25, 0.3) is 0 Å². The summed E-state index contributed by atoms with van der Waals surface area (Å²) in [5, 5.41) is 19.2. The number of nitrogens with one attached hydrogen (secondary N) is 2. The van der Waals surface area contributed by atoms with Crippen molar-refractivity contribution in [3.8, 4) is 11.4 Å². The van der Waals surface area contributed by atoms with Crippen molar-refractivity contribution in [1.82, 2.24) is 15.2 Å². The molecule has 0 radical (unpaired) electrons. The number of H-pyrrole nitrogens is 1. The molecule has 3 rings (SSSR count). The Kier molecular flexibility index (Phi) is 5.33. The van der Waals surface area contributed by atoms with E-state index in [2.05, 4.69) is 20.5 Å². The van der Waals surface area contributed by atoms with Crippen molar-refractivity contribution in [3.63, 3.8) is 0 Å². The van der Waals surface area contributed by atoms with Gasteiger partial charge in [-0.25, -0.2) is 9.78 Å². The number of thioether (sulfide) groups is 1. The Morgan fingerprint density at radius 2 is 1.96 bits per heavy atom. The second-order valence-corrected chi connectivity index (χ2v) is 6.45. The van der Waals surface area contributed by atoms with E-state index >= 15 is 0 Å². The van der Waals surface area contributed by atoms with Crippen LogP contribution in [0.2, 0.25) is 0 Å². The average molecular weight is 368 g/mol. The number of aromatic amines is 1. The van der Waals surface area contributed by atoms with Crippen molar-refractivity contribution in [2.24, 2.45) is 0 Å². The van der Waals surface area contributed by atoms with Gasteiger partial charge in [0.15, 0.2) is 5.82 Å². The number of nitrogens with zero attached hydrogens (tertiary/aromatic N) is 2. The van der Waals surface area contributed by atoms with Crippen molar-refractivity contribution in [2.75, 3.05) is 11.1 Å². The van der Waals surface area contributed by atoms with Crippen molar-refractivity contribution < 1.29 is 14.7 Å². The number of amides is 1. The zero-order chi connectivity index (χ0) is 18.5. The predicted octanol–water partition coefficient (Wildman–Crippen LogP) is 3.21. The van der Waals surface area contributed by atoms with E-state index in [1.807, 2.05) is 30.3 Å². The molecule has 8 heteroatoms. The molecule has 0 saturated carbocycles. The number of carbonyl (C=O) groups excluding carboxylic acids is 1. The molecule has 0 aliphatic heterocycles. The van der Waals surface area contributed by atoms with Crippen LogP contribution >= 0.6 is 11.8 Å². The summed E-state index contributed by atoms with van der Waals surface area (Å²) in [5.74, 6) is -0.423. The van der Waals surface area contributed by atoms with E-state index in [4.69, 9.17) is 5.11 Å². The van der Waals surface area contributed by atoms with Gasteiger partial charge in [0.05, 0.1) is 11.3 Å². The smallest absolute Gasteiger partial charge is 0.335 e. The summed E-state index contributed by atoms with van der Waals surface area (Å²) in [6.45, 7) is 1.75. The van der Waals surface area contributed by atoms with Crippen molar-refractivity contribution in [2.45, 2.75) is 12.1 Å². The third kappa shape index (κ3) is 4.28. The highest BCUT2D eigenvalue weighted by molar-refractivity contribution is 7.99. The molecule has 7 nitrogen and oxygen atoms in total. The number of carboxylic acid groups (broad SMARTS) is 1. The van der Waals surface area contributed by atoms with E-state index in [1.54, 1.807) is 13.0 Å². The molecule has 0 aliphatic rings. The Labute approximate surface area is 153 Å². The van der Waals surface area contributed by atoms with E-state index in [0.717, 1.165) is 5.56 Å². The van der Waals surface area contributed by atoms with Gasteiger partial charge < -0.3 is 10.4 Å². The highest BCUT2D eigenvalue weighted by atomic mass is 32.2. The summed E-state index contributed by atoms with van der Waals surface area (Å²) in [4.78, 5) is 27.4. The number of rotatable bonds is 6. The fraction of sp³-hybridized carbons (Fsp3) is 0.111. The van der Waals surface area contributed by atoms with Crippen LogP contribution < -0.4 is 5.32 Å². The number of aryl methyl sites for hydroxylation is 1. The Balaban J connectivity index is 1.58. The summed E-state index contributed by atoms with van der Waals surface area (Å²) in [6.07, 6.45) is 0. The molecule has 1 aromatic heterocycles. The molecule has 0 spiro atoms. The molecule has 1 amide bonds. The summed E-state index contributed by atoms with van der Waals surface area (Å²) in [6, 6.07) is 14.2. The maximum atomic E-state index is 12.1. The predicted molar refractivity (Wildman–Crippen MR) is 99.3 cm³/mol. The van der Waals surface area contributed by atoms with Gasteiger partial charge in [0, 0.05) is 11.3 Å². The highest BCUT2D eigenvalue weighted by Crippen LogP contribution is 2.20. The third-order valence-corrected chi connectivity index (χ3v) is 4.44. The zero-order valence-electron chi connectivity index (χ0n) is 13.9. The normalized spacial score (nSPS) is 10.5. The molecule has 0 aliphatic carbocycles. The summed E-state index contributed by atoms with van der Waals surface area (Å²) < 4.78 is 0. The first-order valence-electron chi connectivity index (χ1n) is 7.77. The van der Waals surface area contributed by atoms with Gasteiger partial charge in [-0.2, -0.15) is 0 Å². The van der Waals surface area contributed by atoms with Crippen LogP contribution in [0.25, 0.3) is 11.4 Å². The number of hydrogen-bond acceptors (Lipinski definition) is 5. The van der Waals surface area contributed by atoms with E-state index in [0.29, 0.717) is 22.2 Å². The van der Waals surface area contributed by atoms with Gasteiger partial charge in [-0.1, -0.05) is 42.1 Å². The molecular weight excluding hydrogens is 352 g/mol. The molecule has 3 aromatic rings. The fourth-order valence-electron chi connectivity index (χ4n) is 2.29. The van der Waals surface area contributed by atoms with Crippen LogP contribution in [-0.4, -0.2) is 37.9 Å². The largest absolute Gasteiger partial charge is 0.478 e. The maximum absolute atomic E-state index is 12.1. The lowest BCUT2D eigenvalue weighted by Crippen LogP contribution is -2.15. The Bertz CT molecular complexity index is 941. The molecule has 1 heterocycles. The number of aromatic nitrogens is 3. The van der Waals surface area contributed by atoms with E-state index in [1.165, 1.54) is 23.9 Å². The first-order chi connectivity index (χ1) is 12.5. The van der Waals surface area contributed by atoms with Crippen molar-refractivity contribution in [3.05, 3.63) is 59.7 Å². The van der Waals surface area contributed by atoms with Crippen LogP contribution in [0.15, 0.2) is 53.7 Å². The summed E-state index contributed by atoms with van der Waals surface area (Å²) in [5.41, 5.74) is 2.38. The van der Waals surface area contributed by atoms with Crippen molar-refractivity contribution in [1.29, 1.82) is 0 Å². The minimum Gasteiger partial charge on any atom is -0.478 e. The Hall–Kier alpha value is -3.13. The lowest BCUT2D eigenvalue weighted by Gasteiger charge is -2.08. The topological polar surface area (TPSA) is 108 Å². The average Bonchev–Trinajstić information content (AvgIpc) is 3.11. The Morgan fingerprint density at radius 3 is 2.65 bits per heavy atom. The molecule has 0 atom stereocenters. The molecule has 3 N–H and O–H groups in total. The SMILES string of the molecule is Cc1cc(C(=O)O)ccc1NC(=O)CSc1n[nH]c(-c2ccccc2)n1. The van der Waals surface area contributed by atoms with Gasteiger partial charge in [0.2, 0.25) is 11.1 Å². The quantitative estimate of drug-likeness (QED) is 0.577. The molecule has 0 saturated heterocycles. The molecule has 132 valence electrons. The van der Waals surface area contributed by atoms with Gasteiger partial charge >= 0.3 is 5.97 Å². The fourth-order valence-corrected chi connectivity index (χ4v) is 2.89. The zero-order valence-corrected chi connectivity index (χ0v) is 14.7. The molecule has 0 unspecified atom stereocenters. The number of anilines is 1. The van der Waals surface area contributed by atoms with Gasteiger partial charge in [-0.05, 0) is 30.7 Å². The number of carboxylic acids is 1. The highest BCUT2D eigenvalue weighted by Gasteiger charge is 2.11. The lowest BCUT2D eigenvalue weighted by molar-refractivity contribution is -0.113. The molecular formula is C18H16N4O3S. The maximum Gasteiger partial charge on any atom is 0.335 e.